The predicted molar refractivity (Wildman–Crippen MR) is 67.9 cm³/mol. The van der Waals surface area contributed by atoms with Crippen LogP contribution in [0.2, 0.25) is 0 Å². The zero-order valence-electron chi connectivity index (χ0n) is 9.14. The van der Waals surface area contributed by atoms with E-state index in [4.69, 9.17) is 10.9 Å². The second-order valence-corrected chi connectivity index (χ2v) is 6.21. The largest absolute Gasteiger partial charge is 0.399 e. The molecule has 0 atom stereocenters. The van der Waals surface area contributed by atoms with Gasteiger partial charge in [0, 0.05) is 10.6 Å². The van der Waals surface area contributed by atoms with Crippen LogP contribution in [0, 0.1) is 0 Å². The molecule has 0 aromatic heterocycles. The summed E-state index contributed by atoms with van der Waals surface area (Å²) in [5.74, 6) is 0.948. The van der Waals surface area contributed by atoms with Gasteiger partial charge in [0.25, 0.3) is 0 Å². The lowest BCUT2D eigenvalue weighted by molar-refractivity contribution is 0.597. The number of nitrogen functional groups attached to an aromatic ring is 1. The monoisotopic (exact) mass is 260 g/mol. The third kappa shape index (κ3) is 4.03. The fourth-order valence-electron chi connectivity index (χ4n) is 1.18. The molecule has 0 spiro atoms. The van der Waals surface area contributed by atoms with Crippen LogP contribution in [0.15, 0.2) is 28.0 Å². The molecule has 6 heteroatoms. The van der Waals surface area contributed by atoms with Crippen molar-refractivity contribution in [1.29, 1.82) is 0 Å². The van der Waals surface area contributed by atoms with Crippen LogP contribution in [-0.2, 0) is 10.0 Å². The van der Waals surface area contributed by atoms with Crippen molar-refractivity contribution >= 4 is 27.5 Å². The lowest BCUT2D eigenvalue weighted by Gasteiger charge is -2.05. The molecule has 4 N–H and O–H groups in total. The highest BCUT2D eigenvalue weighted by molar-refractivity contribution is 7.99. The van der Waals surface area contributed by atoms with Gasteiger partial charge in [0.2, 0.25) is 10.0 Å². The molecule has 0 aliphatic heterocycles. The molecule has 0 radical (unpaired) electrons. The van der Waals surface area contributed by atoms with Gasteiger partial charge in [-0.15, -0.1) is 11.8 Å². The Labute approximate surface area is 100 Å². The Morgan fingerprint density at radius 1 is 1.31 bits per heavy atom. The lowest BCUT2D eigenvalue weighted by atomic mass is 10.3. The number of rotatable bonds is 5. The zero-order valence-corrected chi connectivity index (χ0v) is 10.8. The molecule has 0 heterocycles. The number of hydrogen-bond acceptors (Lipinski definition) is 4. The summed E-state index contributed by atoms with van der Waals surface area (Å²) in [4.78, 5) is 0.920. The molecule has 0 saturated carbocycles. The molecular formula is C10H16N2O2S2. The molecular weight excluding hydrogens is 244 g/mol. The quantitative estimate of drug-likeness (QED) is 0.480. The molecule has 16 heavy (non-hydrogen) atoms. The Morgan fingerprint density at radius 3 is 2.56 bits per heavy atom. The predicted octanol–water partition coefficient (Wildman–Crippen LogP) is 1.81. The first-order valence-corrected chi connectivity index (χ1v) is 7.53. The highest BCUT2D eigenvalue weighted by Gasteiger charge is 2.09. The first-order valence-electron chi connectivity index (χ1n) is 4.99. The van der Waals surface area contributed by atoms with Gasteiger partial charge >= 0.3 is 0 Å². The van der Waals surface area contributed by atoms with Gasteiger partial charge in [0.05, 0.1) is 4.90 Å². The van der Waals surface area contributed by atoms with Crippen LogP contribution in [0.1, 0.15) is 19.8 Å². The molecule has 1 aromatic carbocycles. The van der Waals surface area contributed by atoms with E-state index in [2.05, 4.69) is 6.92 Å². The van der Waals surface area contributed by atoms with E-state index in [1.54, 1.807) is 23.9 Å². The van der Waals surface area contributed by atoms with Crippen molar-refractivity contribution in [2.24, 2.45) is 5.14 Å². The average molecular weight is 260 g/mol. The molecule has 0 aliphatic carbocycles. The van der Waals surface area contributed by atoms with Gasteiger partial charge < -0.3 is 5.73 Å². The van der Waals surface area contributed by atoms with Crippen LogP contribution in [0.4, 0.5) is 5.69 Å². The highest BCUT2D eigenvalue weighted by Crippen LogP contribution is 2.25. The van der Waals surface area contributed by atoms with Crippen molar-refractivity contribution in [3.05, 3.63) is 18.2 Å². The number of anilines is 1. The van der Waals surface area contributed by atoms with Gasteiger partial charge in [-0.05, 0) is 30.4 Å². The fourth-order valence-corrected chi connectivity index (χ4v) is 2.94. The molecule has 0 saturated heterocycles. The fraction of sp³-hybridized carbons (Fsp3) is 0.400. The minimum atomic E-state index is -3.67. The van der Waals surface area contributed by atoms with E-state index in [1.165, 1.54) is 6.07 Å². The average Bonchev–Trinajstić information content (AvgIpc) is 2.16. The van der Waals surface area contributed by atoms with Crippen LogP contribution in [0.25, 0.3) is 0 Å². The maximum atomic E-state index is 11.2. The normalized spacial score (nSPS) is 11.6. The molecule has 0 fully saturated rings. The first-order chi connectivity index (χ1) is 7.43. The maximum absolute atomic E-state index is 11.2. The molecule has 0 amide bonds. The van der Waals surface area contributed by atoms with Crippen molar-refractivity contribution in [3.63, 3.8) is 0 Å². The van der Waals surface area contributed by atoms with Gasteiger partial charge in [-0.1, -0.05) is 13.3 Å². The topological polar surface area (TPSA) is 86.2 Å². The molecule has 0 aliphatic rings. The summed E-state index contributed by atoms with van der Waals surface area (Å²) in [6.07, 6.45) is 2.20. The maximum Gasteiger partial charge on any atom is 0.238 e. The second-order valence-electron chi connectivity index (χ2n) is 3.48. The molecule has 1 aromatic rings. The van der Waals surface area contributed by atoms with Crippen molar-refractivity contribution in [3.8, 4) is 0 Å². The van der Waals surface area contributed by atoms with E-state index >= 15 is 0 Å². The number of unbranched alkanes of at least 4 members (excludes halogenated alkanes) is 1. The van der Waals surface area contributed by atoms with Crippen LogP contribution < -0.4 is 10.9 Å². The third-order valence-electron chi connectivity index (χ3n) is 2.00. The van der Waals surface area contributed by atoms with Crippen molar-refractivity contribution in [2.75, 3.05) is 11.5 Å². The number of benzene rings is 1. The van der Waals surface area contributed by atoms with E-state index in [-0.39, 0.29) is 4.90 Å². The Kier molecular flexibility index (Phi) is 4.64. The number of hydrogen-bond donors (Lipinski definition) is 2. The molecule has 0 bridgehead atoms. The summed E-state index contributed by atoms with van der Waals surface area (Å²) < 4.78 is 22.4. The van der Waals surface area contributed by atoms with Crippen molar-refractivity contribution in [1.82, 2.24) is 0 Å². The summed E-state index contributed by atoms with van der Waals surface area (Å²) >= 11 is 1.59. The third-order valence-corrected chi connectivity index (χ3v) is 3.95. The Morgan fingerprint density at radius 2 is 2.00 bits per heavy atom. The summed E-state index contributed by atoms with van der Waals surface area (Å²) in [6.45, 7) is 2.11. The standard InChI is InChI=1S/C10H16N2O2S2/c1-2-3-4-15-9-5-8(11)6-10(7-9)16(12,13)14/h5-7H,2-4,11H2,1H3,(H2,12,13,14). The summed E-state index contributed by atoms with van der Waals surface area (Å²) in [5, 5.41) is 5.06. The number of thioether (sulfide) groups is 1. The van der Waals surface area contributed by atoms with Crippen LogP contribution >= 0.6 is 11.8 Å². The second kappa shape index (κ2) is 5.56. The van der Waals surface area contributed by atoms with E-state index < -0.39 is 10.0 Å². The first kappa shape index (κ1) is 13.3. The van der Waals surface area contributed by atoms with Crippen LogP contribution in [0.5, 0.6) is 0 Å². The highest BCUT2D eigenvalue weighted by atomic mass is 32.2. The summed E-state index contributed by atoms with van der Waals surface area (Å²) in [7, 11) is -3.67. The Bertz CT molecular complexity index is 458. The minimum absolute atomic E-state index is 0.0755. The zero-order chi connectivity index (χ0) is 12.2. The molecule has 0 unspecified atom stereocenters. The number of nitrogens with two attached hydrogens (primary N) is 2. The van der Waals surface area contributed by atoms with Crippen molar-refractivity contribution < 1.29 is 8.42 Å². The SMILES string of the molecule is CCCCSc1cc(N)cc(S(N)(=O)=O)c1. The Balaban J connectivity index is 2.91. The van der Waals surface area contributed by atoms with E-state index in [1.807, 2.05) is 0 Å². The van der Waals surface area contributed by atoms with E-state index in [0.717, 1.165) is 23.5 Å². The van der Waals surface area contributed by atoms with E-state index in [0.29, 0.717) is 5.69 Å². The number of sulfonamides is 1. The van der Waals surface area contributed by atoms with Crippen LogP contribution in [-0.4, -0.2) is 14.2 Å². The lowest BCUT2D eigenvalue weighted by Crippen LogP contribution is -2.12. The van der Waals surface area contributed by atoms with Gasteiger partial charge in [-0.25, -0.2) is 13.6 Å². The molecule has 90 valence electrons. The molecule has 1 rings (SSSR count). The molecule has 4 nitrogen and oxygen atoms in total. The van der Waals surface area contributed by atoms with Crippen molar-refractivity contribution in [2.45, 2.75) is 29.6 Å². The van der Waals surface area contributed by atoms with Crippen LogP contribution in [0.3, 0.4) is 0 Å². The summed E-state index contributed by atoms with van der Waals surface area (Å²) in [5.41, 5.74) is 6.05. The van der Waals surface area contributed by atoms with E-state index in [9.17, 15) is 8.42 Å². The summed E-state index contributed by atoms with van der Waals surface area (Å²) in [6, 6.07) is 4.69. The van der Waals surface area contributed by atoms with Gasteiger partial charge in [-0.2, -0.15) is 0 Å². The van der Waals surface area contributed by atoms with Gasteiger partial charge in [0.15, 0.2) is 0 Å². The van der Waals surface area contributed by atoms with Gasteiger partial charge in [-0.3, -0.25) is 0 Å². The van der Waals surface area contributed by atoms with Gasteiger partial charge in [0.1, 0.15) is 0 Å². The Hall–Kier alpha value is -0.720. The minimum Gasteiger partial charge on any atom is -0.399 e. The number of primary sulfonamides is 1. The smallest absolute Gasteiger partial charge is 0.238 e.